The maximum atomic E-state index is 10.8. The van der Waals surface area contributed by atoms with Crippen LogP contribution in [0.25, 0.3) is 0 Å². The number of benzene rings is 1. The van der Waals surface area contributed by atoms with Crippen LogP contribution in [0.4, 0.5) is 5.69 Å². The number of nitrogens with one attached hydrogen (secondary N) is 1. The number of nitriles is 1. The Kier molecular flexibility index (Phi) is 3.08. The van der Waals surface area contributed by atoms with Crippen LogP contribution in [0.2, 0.25) is 0 Å². The lowest BCUT2D eigenvalue weighted by molar-refractivity contribution is 0.0698. The molecule has 4 nitrogen and oxygen atoms in total. The second kappa shape index (κ2) is 4.28. The van der Waals surface area contributed by atoms with E-state index >= 15 is 0 Å². The van der Waals surface area contributed by atoms with Crippen molar-refractivity contribution in [1.82, 2.24) is 0 Å². The second-order valence-corrected chi connectivity index (χ2v) is 2.78. The molecule has 0 amide bonds. The SMILES string of the molecule is CCc1ccc(NC#N)c(C(=O)O)c1. The largest absolute Gasteiger partial charge is 0.478 e. The highest BCUT2D eigenvalue weighted by Gasteiger charge is 2.09. The summed E-state index contributed by atoms with van der Waals surface area (Å²) in [5.74, 6) is -1.03. The third kappa shape index (κ3) is 2.02. The van der Waals surface area contributed by atoms with Crippen LogP contribution in [0.3, 0.4) is 0 Å². The first-order valence-electron chi connectivity index (χ1n) is 4.20. The van der Waals surface area contributed by atoms with Crippen molar-refractivity contribution in [3.8, 4) is 6.19 Å². The van der Waals surface area contributed by atoms with Gasteiger partial charge in [-0.1, -0.05) is 13.0 Å². The first-order chi connectivity index (χ1) is 6.69. The molecule has 2 N–H and O–H groups in total. The van der Waals surface area contributed by atoms with Crippen molar-refractivity contribution in [3.63, 3.8) is 0 Å². The predicted molar refractivity (Wildman–Crippen MR) is 52.0 cm³/mol. The van der Waals surface area contributed by atoms with Crippen LogP contribution in [0.5, 0.6) is 0 Å². The summed E-state index contributed by atoms with van der Waals surface area (Å²) in [6.45, 7) is 1.94. The van der Waals surface area contributed by atoms with Gasteiger partial charge in [-0.25, -0.2) is 4.79 Å². The third-order valence-electron chi connectivity index (χ3n) is 1.91. The number of carbonyl (C=O) groups is 1. The molecule has 0 saturated heterocycles. The van der Waals surface area contributed by atoms with E-state index in [9.17, 15) is 4.79 Å². The van der Waals surface area contributed by atoms with Gasteiger partial charge in [0.15, 0.2) is 6.19 Å². The zero-order valence-corrected chi connectivity index (χ0v) is 7.74. The summed E-state index contributed by atoms with van der Waals surface area (Å²) in [5, 5.41) is 19.6. The molecular weight excluding hydrogens is 180 g/mol. The maximum Gasteiger partial charge on any atom is 0.337 e. The quantitative estimate of drug-likeness (QED) is 0.563. The minimum Gasteiger partial charge on any atom is -0.478 e. The van der Waals surface area contributed by atoms with Gasteiger partial charge < -0.3 is 5.11 Å². The number of aryl methyl sites for hydroxylation is 1. The van der Waals surface area contributed by atoms with Crippen molar-refractivity contribution in [1.29, 1.82) is 5.26 Å². The molecule has 0 radical (unpaired) electrons. The average Bonchev–Trinajstić information content (AvgIpc) is 2.18. The Bertz CT molecular complexity index is 394. The van der Waals surface area contributed by atoms with Gasteiger partial charge in [-0.2, -0.15) is 5.26 Å². The molecule has 72 valence electrons. The molecule has 0 spiro atoms. The standard InChI is InChI=1S/C10H10N2O2/c1-2-7-3-4-9(12-6-11)8(5-7)10(13)14/h3-5,12H,2H2,1H3,(H,13,14). The van der Waals surface area contributed by atoms with Crippen LogP contribution in [0.15, 0.2) is 18.2 Å². The van der Waals surface area contributed by atoms with Crippen LogP contribution >= 0.6 is 0 Å². The molecule has 0 saturated carbocycles. The van der Waals surface area contributed by atoms with E-state index in [1.165, 1.54) is 0 Å². The number of anilines is 1. The van der Waals surface area contributed by atoms with E-state index in [0.29, 0.717) is 5.69 Å². The fraction of sp³-hybridized carbons (Fsp3) is 0.200. The molecule has 1 rings (SSSR count). The Morgan fingerprint density at radius 1 is 1.64 bits per heavy atom. The van der Waals surface area contributed by atoms with E-state index in [0.717, 1.165) is 12.0 Å². The lowest BCUT2D eigenvalue weighted by Crippen LogP contribution is -2.03. The van der Waals surface area contributed by atoms with Crippen LogP contribution in [0.1, 0.15) is 22.8 Å². The zero-order chi connectivity index (χ0) is 10.6. The molecule has 0 bridgehead atoms. The Hall–Kier alpha value is -2.02. The van der Waals surface area contributed by atoms with Gasteiger partial charge in [0.05, 0.1) is 11.3 Å². The Morgan fingerprint density at radius 2 is 2.36 bits per heavy atom. The molecule has 0 unspecified atom stereocenters. The zero-order valence-electron chi connectivity index (χ0n) is 7.74. The molecule has 0 atom stereocenters. The van der Waals surface area contributed by atoms with Gasteiger partial charge in [0.2, 0.25) is 0 Å². The van der Waals surface area contributed by atoms with Crippen LogP contribution in [0, 0.1) is 11.5 Å². The highest BCUT2D eigenvalue weighted by molar-refractivity contribution is 5.94. The summed E-state index contributed by atoms with van der Waals surface area (Å²) >= 11 is 0. The molecule has 0 aliphatic rings. The molecule has 4 heteroatoms. The fourth-order valence-corrected chi connectivity index (χ4v) is 1.16. The number of rotatable bonds is 3. The molecule has 0 aliphatic carbocycles. The van der Waals surface area contributed by atoms with E-state index in [-0.39, 0.29) is 5.56 Å². The Morgan fingerprint density at radius 3 is 2.86 bits per heavy atom. The highest BCUT2D eigenvalue weighted by Crippen LogP contribution is 2.17. The predicted octanol–water partition coefficient (Wildman–Crippen LogP) is 1.84. The maximum absolute atomic E-state index is 10.8. The summed E-state index contributed by atoms with van der Waals surface area (Å²) in [5.41, 5.74) is 1.40. The van der Waals surface area contributed by atoms with Crippen molar-refractivity contribution in [3.05, 3.63) is 29.3 Å². The van der Waals surface area contributed by atoms with Gasteiger partial charge in [-0.05, 0) is 24.1 Å². The van der Waals surface area contributed by atoms with Crippen LogP contribution in [-0.2, 0) is 6.42 Å². The summed E-state index contributed by atoms with van der Waals surface area (Å²) < 4.78 is 0. The molecule has 0 aliphatic heterocycles. The van der Waals surface area contributed by atoms with Crippen molar-refractivity contribution < 1.29 is 9.90 Å². The molecule has 14 heavy (non-hydrogen) atoms. The van der Waals surface area contributed by atoms with Crippen molar-refractivity contribution in [2.45, 2.75) is 13.3 Å². The third-order valence-corrected chi connectivity index (χ3v) is 1.91. The number of nitrogens with zero attached hydrogens (tertiary/aromatic N) is 1. The van der Waals surface area contributed by atoms with Gasteiger partial charge in [-0.3, -0.25) is 5.32 Å². The minimum atomic E-state index is -1.03. The number of carboxylic acid groups (broad SMARTS) is 1. The molecular formula is C10H10N2O2. The van der Waals surface area contributed by atoms with Gasteiger partial charge in [0.25, 0.3) is 0 Å². The smallest absolute Gasteiger partial charge is 0.337 e. The molecule has 1 aromatic rings. The summed E-state index contributed by atoms with van der Waals surface area (Å²) in [4.78, 5) is 10.8. The number of aromatic carboxylic acids is 1. The highest BCUT2D eigenvalue weighted by atomic mass is 16.4. The lowest BCUT2D eigenvalue weighted by Gasteiger charge is -2.05. The first kappa shape index (κ1) is 10.1. The summed E-state index contributed by atoms with van der Waals surface area (Å²) in [6, 6.07) is 4.97. The van der Waals surface area contributed by atoms with Crippen molar-refractivity contribution >= 4 is 11.7 Å². The van der Waals surface area contributed by atoms with Gasteiger partial charge in [0, 0.05) is 0 Å². The Balaban J connectivity index is 3.18. The monoisotopic (exact) mass is 190 g/mol. The van der Waals surface area contributed by atoms with Crippen LogP contribution in [-0.4, -0.2) is 11.1 Å². The summed E-state index contributed by atoms with van der Waals surface area (Å²) in [6.07, 6.45) is 2.47. The molecule has 0 aromatic heterocycles. The van der Waals surface area contributed by atoms with E-state index in [2.05, 4.69) is 5.32 Å². The lowest BCUT2D eigenvalue weighted by atomic mass is 10.1. The van der Waals surface area contributed by atoms with E-state index < -0.39 is 5.97 Å². The average molecular weight is 190 g/mol. The normalized spacial score (nSPS) is 9.14. The number of carboxylic acids is 1. The van der Waals surface area contributed by atoms with Crippen molar-refractivity contribution in [2.75, 3.05) is 5.32 Å². The van der Waals surface area contributed by atoms with Gasteiger partial charge in [0.1, 0.15) is 0 Å². The van der Waals surface area contributed by atoms with E-state index in [1.54, 1.807) is 24.4 Å². The Labute approximate surface area is 81.8 Å². The van der Waals surface area contributed by atoms with Crippen molar-refractivity contribution in [2.24, 2.45) is 0 Å². The first-order valence-corrected chi connectivity index (χ1v) is 4.20. The number of hydrogen-bond donors (Lipinski definition) is 2. The van der Waals surface area contributed by atoms with Gasteiger partial charge in [-0.15, -0.1) is 0 Å². The fourth-order valence-electron chi connectivity index (χ4n) is 1.16. The minimum absolute atomic E-state index is 0.130. The molecule has 1 aromatic carbocycles. The number of hydrogen-bond acceptors (Lipinski definition) is 3. The van der Waals surface area contributed by atoms with Crippen LogP contribution < -0.4 is 5.32 Å². The van der Waals surface area contributed by atoms with E-state index in [4.69, 9.17) is 10.4 Å². The molecule has 0 fully saturated rings. The topological polar surface area (TPSA) is 73.1 Å². The molecule has 0 heterocycles. The summed E-state index contributed by atoms with van der Waals surface area (Å²) in [7, 11) is 0. The van der Waals surface area contributed by atoms with Gasteiger partial charge >= 0.3 is 5.97 Å². The second-order valence-electron chi connectivity index (χ2n) is 2.78. The van der Waals surface area contributed by atoms with E-state index in [1.807, 2.05) is 6.92 Å².